The van der Waals surface area contributed by atoms with Crippen LogP contribution in [0, 0.1) is 0 Å². The monoisotopic (exact) mass is 209 g/mol. The van der Waals surface area contributed by atoms with Gasteiger partial charge in [0.25, 0.3) is 0 Å². The minimum Gasteiger partial charge on any atom is -0.239 e. The molecular formula is C6H9F6N. The van der Waals surface area contributed by atoms with Crippen LogP contribution in [-0.2, 0) is 0 Å². The molecule has 0 bridgehead atoms. The van der Waals surface area contributed by atoms with Crippen LogP contribution in [0.1, 0.15) is 13.8 Å². The third-order valence-electron chi connectivity index (χ3n) is 1.33. The summed E-state index contributed by atoms with van der Waals surface area (Å²) in [6.45, 7) is 0.790. The van der Waals surface area contributed by atoms with E-state index in [2.05, 4.69) is 0 Å². The van der Waals surface area contributed by atoms with Crippen molar-refractivity contribution in [1.29, 1.82) is 0 Å². The Balaban J connectivity index is 4.42. The van der Waals surface area contributed by atoms with Gasteiger partial charge in [0.05, 0.1) is 0 Å². The molecule has 0 fully saturated rings. The molecule has 0 saturated heterocycles. The topological polar surface area (TPSA) is 12.0 Å². The van der Waals surface area contributed by atoms with Crippen LogP contribution < -0.4 is 5.32 Å². The van der Waals surface area contributed by atoms with Gasteiger partial charge in [-0.2, -0.15) is 22.9 Å². The van der Waals surface area contributed by atoms with Crippen molar-refractivity contribution in [3.8, 4) is 0 Å². The standard InChI is InChI=1S/C6H9F6N/c1-3(7)5(9,10)13-6(11,12)4(2)8/h3-4,13H,1-2H3. The van der Waals surface area contributed by atoms with Crippen molar-refractivity contribution in [3.05, 3.63) is 0 Å². The molecule has 0 aliphatic heterocycles. The van der Waals surface area contributed by atoms with Gasteiger partial charge in [-0.25, -0.2) is 8.78 Å². The number of hydrogen-bond acceptors (Lipinski definition) is 1. The minimum atomic E-state index is -4.44. The van der Waals surface area contributed by atoms with Crippen molar-refractivity contribution in [2.24, 2.45) is 0 Å². The normalized spacial score (nSPS) is 18.5. The molecule has 2 unspecified atom stereocenters. The summed E-state index contributed by atoms with van der Waals surface area (Å²) in [5.74, 6) is 0. The van der Waals surface area contributed by atoms with E-state index >= 15 is 0 Å². The molecule has 1 N–H and O–H groups in total. The van der Waals surface area contributed by atoms with E-state index in [1.54, 1.807) is 0 Å². The first-order chi connectivity index (χ1) is 5.59. The number of alkyl halides is 6. The number of halogens is 6. The van der Waals surface area contributed by atoms with Gasteiger partial charge in [-0.1, -0.05) is 0 Å². The van der Waals surface area contributed by atoms with Crippen LogP contribution in [0.2, 0.25) is 0 Å². The van der Waals surface area contributed by atoms with E-state index in [-0.39, 0.29) is 0 Å². The highest BCUT2D eigenvalue weighted by Crippen LogP contribution is 2.26. The minimum absolute atomic E-state index is 0.315. The Hall–Kier alpha value is -0.460. The zero-order valence-corrected chi connectivity index (χ0v) is 6.92. The van der Waals surface area contributed by atoms with Gasteiger partial charge < -0.3 is 0 Å². The molecular weight excluding hydrogens is 200 g/mol. The van der Waals surface area contributed by atoms with Crippen LogP contribution >= 0.6 is 0 Å². The molecule has 0 aliphatic carbocycles. The van der Waals surface area contributed by atoms with Crippen molar-refractivity contribution in [2.75, 3.05) is 0 Å². The summed E-state index contributed by atoms with van der Waals surface area (Å²) in [7, 11) is 0. The van der Waals surface area contributed by atoms with Crippen LogP contribution in [0.4, 0.5) is 26.3 Å². The average molecular weight is 209 g/mol. The van der Waals surface area contributed by atoms with E-state index in [0.29, 0.717) is 19.2 Å². The smallest absolute Gasteiger partial charge is 0.239 e. The van der Waals surface area contributed by atoms with E-state index < -0.39 is 24.4 Å². The Morgan fingerprint density at radius 1 is 0.846 bits per heavy atom. The SMILES string of the molecule is CC(F)C(F)(F)NC(F)(F)C(C)F. The number of hydrogen-bond donors (Lipinski definition) is 1. The van der Waals surface area contributed by atoms with Gasteiger partial charge in [0.1, 0.15) is 0 Å². The summed E-state index contributed by atoms with van der Waals surface area (Å²) in [6.07, 6.45) is -5.64. The lowest BCUT2D eigenvalue weighted by Gasteiger charge is -2.26. The molecule has 0 spiro atoms. The molecule has 0 radical (unpaired) electrons. The van der Waals surface area contributed by atoms with Crippen LogP contribution in [0.5, 0.6) is 0 Å². The third kappa shape index (κ3) is 3.41. The van der Waals surface area contributed by atoms with E-state index in [0.717, 1.165) is 0 Å². The molecule has 0 saturated carbocycles. The lowest BCUT2D eigenvalue weighted by Crippen LogP contribution is -2.56. The third-order valence-corrected chi connectivity index (χ3v) is 1.33. The van der Waals surface area contributed by atoms with Crippen LogP contribution in [0.3, 0.4) is 0 Å². The maximum absolute atomic E-state index is 12.3. The maximum atomic E-state index is 12.3. The predicted molar refractivity (Wildman–Crippen MR) is 34.2 cm³/mol. The summed E-state index contributed by atoms with van der Waals surface area (Å²) in [5.41, 5.74) is 0. The summed E-state index contributed by atoms with van der Waals surface area (Å²) in [4.78, 5) is 0. The highest BCUT2D eigenvalue weighted by atomic mass is 19.3. The second-order valence-corrected chi connectivity index (χ2v) is 2.60. The fraction of sp³-hybridized carbons (Fsp3) is 1.00. The van der Waals surface area contributed by atoms with Gasteiger partial charge >= 0.3 is 12.1 Å². The van der Waals surface area contributed by atoms with Crippen molar-refractivity contribution in [1.82, 2.24) is 5.32 Å². The van der Waals surface area contributed by atoms with E-state index in [1.807, 2.05) is 0 Å². The molecule has 0 rings (SSSR count). The summed E-state index contributed by atoms with van der Waals surface area (Å²) in [6, 6.07) is -8.88. The van der Waals surface area contributed by atoms with Crippen LogP contribution in [0.15, 0.2) is 0 Å². The zero-order chi connectivity index (χ0) is 10.9. The summed E-state index contributed by atoms with van der Waals surface area (Å²) < 4.78 is 73.1. The van der Waals surface area contributed by atoms with Crippen molar-refractivity contribution >= 4 is 0 Å². The molecule has 1 nitrogen and oxygen atoms in total. The summed E-state index contributed by atoms with van der Waals surface area (Å²) in [5, 5.41) is 0.315. The first-order valence-corrected chi connectivity index (χ1v) is 3.42. The van der Waals surface area contributed by atoms with Gasteiger partial charge in [0.15, 0.2) is 12.3 Å². The molecule has 0 amide bonds. The molecule has 0 aromatic heterocycles. The van der Waals surface area contributed by atoms with Crippen molar-refractivity contribution in [3.63, 3.8) is 0 Å². The molecule has 2 atom stereocenters. The van der Waals surface area contributed by atoms with Gasteiger partial charge in [-0.3, -0.25) is 0 Å². The average Bonchev–Trinajstić information content (AvgIpc) is 1.83. The largest absolute Gasteiger partial charge is 0.337 e. The van der Waals surface area contributed by atoms with Gasteiger partial charge in [-0.15, -0.1) is 0 Å². The number of nitrogens with one attached hydrogen (secondary N) is 1. The lowest BCUT2D eigenvalue weighted by atomic mass is 10.3. The molecule has 80 valence electrons. The molecule has 13 heavy (non-hydrogen) atoms. The van der Waals surface area contributed by atoms with Gasteiger partial charge in [-0.05, 0) is 13.8 Å². The molecule has 0 aromatic rings. The van der Waals surface area contributed by atoms with E-state index in [4.69, 9.17) is 0 Å². The van der Waals surface area contributed by atoms with Crippen molar-refractivity contribution < 1.29 is 26.3 Å². The summed E-state index contributed by atoms with van der Waals surface area (Å²) >= 11 is 0. The fourth-order valence-electron chi connectivity index (χ4n) is 0.421. The Morgan fingerprint density at radius 3 is 1.23 bits per heavy atom. The maximum Gasteiger partial charge on any atom is 0.337 e. The van der Waals surface area contributed by atoms with Crippen LogP contribution in [0.25, 0.3) is 0 Å². The quantitative estimate of drug-likeness (QED) is 0.554. The first-order valence-electron chi connectivity index (χ1n) is 3.42. The molecule has 7 heteroatoms. The second kappa shape index (κ2) is 3.73. The van der Waals surface area contributed by atoms with Crippen LogP contribution in [-0.4, -0.2) is 24.4 Å². The fourth-order valence-corrected chi connectivity index (χ4v) is 0.421. The van der Waals surface area contributed by atoms with E-state index in [1.165, 1.54) is 0 Å². The Kier molecular flexibility index (Phi) is 3.60. The lowest BCUT2D eigenvalue weighted by molar-refractivity contribution is -0.198. The van der Waals surface area contributed by atoms with E-state index in [9.17, 15) is 26.3 Å². The molecule has 0 aliphatic rings. The molecule has 0 aromatic carbocycles. The Labute approximate surface area is 71.1 Å². The highest BCUT2D eigenvalue weighted by molar-refractivity contribution is 4.79. The second-order valence-electron chi connectivity index (χ2n) is 2.60. The highest BCUT2D eigenvalue weighted by Gasteiger charge is 2.49. The Morgan fingerprint density at radius 2 is 1.08 bits per heavy atom. The van der Waals surface area contributed by atoms with Gasteiger partial charge in [0.2, 0.25) is 0 Å². The molecule has 0 heterocycles. The zero-order valence-electron chi connectivity index (χ0n) is 6.92. The first kappa shape index (κ1) is 12.5. The van der Waals surface area contributed by atoms with Gasteiger partial charge in [0, 0.05) is 0 Å². The van der Waals surface area contributed by atoms with Crippen molar-refractivity contribution in [2.45, 2.75) is 38.3 Å². The Bertz CT molecular complexity index is 149. The number of rotatable bonds is 4. The predicted octanol–water partition coefficient (Wildman–Crippen LogP) is 2.48.